The fourth-order valence-corrected chi connectivity index (χ4v) is 4.69. The van der Waals surface area contributed by atoms with Crippen molar-refractivity contribution in [3.8, 4) is 5.75 Å². The number of aliphatic hydroxyl groups excluding tert-OH is 1. The topological polar surface area (TPSA) is 66.4 Å². The number of ether oxygens (including phenoxy) is 5. The van der Waals surface area contributed by atoms with Crippen LogP contribution in [0.2, 0.25) is 0 Å². The Morgan fingerprint density at radius 2 is 1.10 bits per heavy atom. The van der Waals surface area contributed by atoms with Crippen molar-refractivity contribution in [1.29, 1.82) is 0 Å². The molecule has 40 heavy (non-hydrogen) atoms. The highest BCUT2D eigenvalue weighted by Gasteiger charge is 2.45. The van der Waals surface area contributed by atoms with Crippen molar-refractivity contribution in [3.63, 3.8) is 0 Å². The van der Waals surface area contributed by atoms with Gasteiger partial charge in [-0.25, -0.2) is 0 Å². The highest BCUT2D eigenvalue weighted by atomic mass is 16.9. The third kappa shape index (κ3) is 7.78. The van der Waals surface area contributed by atoms with E-state index in [1.54, 1.807) is 0 Å². The van der Waals surface area contributed by atoms with E-state index in [9.17, 15) is 5.11 Å². The van der Waals surface area contributed by atoms with Gasteiger partial charge in [-0.15, -0.1) is 0 Å². The van der Waals surface area contributed by atoms with Crippen LogP contribution in [-0.2, 0) is 45.4 Å². The van der Waals surface area contributed by atoms with Crippen molar-refractivity contribution in [3.05, 3.63) is 138 Å². The quantitative estimate of drug-likeness (QED) is 0.192. The van der Waals surface area contributed by atoms with Crippen LogP contribution in [0.4, 0.5) is 0 Å². The molecule has 0 aromatic heterocycles. The Balaban J connectivity index is 1.39. The van der Waals surface area contributed by atoms with Crippen LogP contribution in [0.5, 0.6) is 5.75 Å². The molecule has 1 aliphatic heterocycles. The van der Waals surface area contributed by atoms with Gasteiger partial charge in [0, 0.05) is 5.56 Å². The third-order valence-electron chi connectivity index (χ3n) is 6.96. The Labute approximate surface area is 236 Å². The SMILES string of the molecule is OC1CCC(C(OCc2ccccc2)(OCc2ccccc2)OCc2ccccc2OCc2ccccc2)CO1. The summed E-state index contributed by atoms with van der Waals surface area (Å²) in [6.07, 6.45) is 0.289. The summed E-state index contributed by atoms with van der Waals surface area (Å²) in [4.78, 5) is 0. The van der Waals surface area contributed by atoms with E-state index in [0.717, 1.165) is 28.0 Å². The number of para-hydroxylation sites is 1. The molecule has 4 aromatic carbocycles. The average Bonchev–Trinajstić information content (AvgIpc) is 3.02. The Morgan fingerprint density at radius 1 is 0.600 bits per heavy atom. The second-order valence-corrected chi connectivity index (χ2v) is 9.89. The van der Waals surface area contributed by atoms with E-state index < -0.39 is 12.3 Å². The molecular formula is C34H36O6. The molecule has 1 aliphatic rings. The van der Waals surface area contributed by atoms with Gasteiger partial charge in [-0.05, 0) is 35.6 Å². The fraction of sp³-hybridized carbons (Fsp3) is 0.294. The van der Waals surface area contributed by atoms with Gasteiger partial charge in [-0.2, -0.15) is 0 Å². The summed E-state index contributed by atoms with van der Waals surface area (Å²) in [7, 11) is 0. The van der Waals surface area contributed by atoms with Crippen molar-refractivity contribution in [2.24, 2.45) is 5.92 Å². The maximum absolute atomic E-state index is 10.0. The second-order valence-electron chi connectivity index (χ2n) is 9.89. The Morgan fingerprint density at radius 3 is 1.65 bits per heavy atom. The fourth-order valence-electron chi connectivity index (χ4n) is 4.69. The van der Waals surface area contributed by atoms with E-state index in [1.807, 2.05) is 115 Å². The van der Waals surface area contributed by atoms with E-state index in [1.165, 1.54) is 0 Å². The molecule has 0 bridgehead atoms. The van der Waals surface area contributed by atoms with E-state index in [0.29, 0.717) is 32.7 Å². The largest absolute Gasteiger partial charge is 0.489 e. The molecule has 4 aromatic rings. The van der Waals surface area contributed by atoms with Crippen LogP contribution >= 0.6 is 0 Å². The van der Waals surface area contributed by atoms with Crippen molar-refractivity contribution in [2.45, 2.75) is 51.5 Å². The summed E-state index contributed by atoms with van der Waals surface area (Å²) in [5.41, 5.74) is 3.97. The highest BCUT2D eigenvalue weighted by molar-refractivity contribution is 5.33. The molecule has 0 spiro atoms. The van der Waals surface area contributed by atoms with Crippen molar-refractivity contribution < 1.29 is 28.8 Å². The number of hydrogen-bond acceptors (Lipinski definition) is 6. The lowest BCUT2D eigenvalue weighted by Crippen LogP contribution is -2.50. The van der Waals surface area contributed by atoms with Gasteiger partial charge in [0.05, 0.1) is 32.3 Å². The summed E-state index contributed by atoms with van der Waals surface area (Å²) >= 11 is 0. The molecule has 1 heterocycles. The minimum absolute atomic E-state index is 0.202. The van der Waals surface area contributed by atoms with Crippen molar-refractivity contribution in [2.75, 3.05) is 6.61 Å². The molecule has 0 radical (unpaired) electrons. The molecule has 1 saturated heterocycles. The first-order valence-electron chi connectivity index (χ1n) is 13.7. The molecule has 1 fully saturated rings. The molecule has 2 unspecified atom stereocenters. The van der Waals surface area contributed by atoms with Crippen LogP contribution in [0.15, 0.2) is 115 Å². The van der Waals surface area contributed by atoms with E-state index in [2.05, 4.69) is 0 Å². The minimum Gasteiger partial charge on any atom is -0.489 e. The van der Waals surface area contributed by atoms with E-state index in [-0.39, 0.29) is 19.1 Å². The number of aliphatic hydroxyl groups is 1. The molecular weight excluding hydrogens is 504 g/mol. The zero-order chi connectivity index (χ0) is 27.5. The number of benzene rings is 4. The lowest BCUT2D eigenvalue weighted by Gasteiger charge is -2.41. The van der Waals surface area contributed by atoms with Gasteiger partial charge in [0.2, 0.25) is 0 Å². The standard InChI is InChI=1S/C34H36O6/c35-33-21-20-31(26-37-33)34(38-23-28-14-6-2-7-15-28,39-24-29-16-8-3-9-17-29)40-25-30-18-10-11-19-32(30)36-22-27-12-4-1-5-13-27/h1-19,31,33,35H,20-26H2. The van der Waals surface area contributed by atoms with Crippen molar-refractivity contribution >= 4 is 0 Å². The van der Waals surface area contributed by atoms with Gasteiger partial charge in [-0.1, -0.05) is 109 Å². The van der Waals surface area contributed by atoms with Gasteiger partial charge in [0.25, 0.3) is 5.97 Å². The van der Waals surface area contributed by atoms with Crippen LogP contribution in [0.1, 0.15) is 35.1 Å². The van der Waals surface area contributed by atoms with Gasteiger partial charge in [0.15, 0.2) is 6.29 Å². The van der Waals surface area contributed by atoms with Gasteiger partial charge < -0.3 is 28.8 Å². The molecule has 6 heteroatoms. The summed E-state index contributed by atoms with van der Waals surface area (Å²) < 4.78 is 31.6. The maximum atomic E-state index is 10.0. The number of rotatable bonds is 13. The zero-order valence-corrected chi connectivity index (χ0v) is 22.6. The zero-order valence-electron chi connectivity index (χ0n) is 22.6. The van der Waals surface area contributed by atoms with Crippen molar-refractivity contribution in [1.82, 2.24) is 0 Å². The monoisotopic (exact) mass is 540 g/mol. The second kappa shape index (κ2) is 14.2. The molecule has 208 valence electrons. The summed E-state index contributed by atoms with van der Waals surface area (Å²) in [5.74, 6) is -0.944. The Kier molecular flexibility index (Phi) is 9.96. The van der Waals surface area contributed by atoms with Crippen LogP contribution in [-0.4, -0.2) is 24.0 Å². The van der Waals surface area contributed by atoms with E-state index in [4.69, 9.17) is 23.7 Å². The minimum atomic E-state index is -1.42. The first-order valence-corrected chi connectivity index (χ1v) is 13.7. The average molecular weight is 541 g/mol. The van der Waals surface area contributed by atoms with Crippen LogP contribution in [0, 0.1) is 5.92 Å². The van der Waals surface area contributed by atoms with Gasteiger partial charge in [0.1, 0.15) is 12.4 Å². The smallest absolute Gasteiger partial charge is 0.289 e. The summed E-state index contributed by atoms with van der Waals surface area (Å²) in [6.45, 7) is 1.48. The highest BCUT2D eigenvalue weighted by Crippen LogP contribution is 2.37. The molecule has 0 amide bonds. The lowest BCUT2D eigenvalue weighted by molar-refractivity contribution is -0.427. The molecule has 0 saturated carbocycles. The molecule has 0 aliphatic carbocycles. The summed E-state index contributed by atoms with van der Waals surface area (Å²) in [5, 5.41) is 10.0. The summed E-state index contributed by atoms with van der Waals surface area (Å²) in [6, 6.07) is 37.8. The first-order chi connectivity index (χ1) is 19.7. The van der Waals surface area contributed by atoms with Gasteiger partial charge in [-0.3, -0.25) is 0 Å². The van der Waals surface area contributed by atoms with Crippen LogP contribution < -0.4 is 4.74 Å². The number of hydrogen-bond donors (Lipinski definition) is 1. The maximum Gasteiger partial charge on any atom is 0.289 e. The Bertz CT molecular complexity index is 1230. The first kappa shape index (κ1) is 28.0. The predicted octanol–water partition coefficient (Wildman–Crippen LogP) is 6.61. The van der Waals surface area contributed by atoms with Crippen LogP contribution in [0.25, 0.3) is 0 Å². The Hall–Kier alpha value is -3.52. The normalized spacial score (nSPS) is 17.4. The molecule has 2 atom stereocenters. The van der Waals surface area contributed by atoms with Crippen LogP contribution in [0.3, 0.4) is 0 Å². The molecule has 1 N–H and O–H groups in total. The molecule has 5 rings (SSSR count). The lowest BCUT2D eigenvalue weighted by atomic mass is 9.98. The predicted molar refractivity (Wildman–Crippen MR) is 152 cm³/mol. The third-order valence-corrected chi connectivity index (χ3v) is 6.96. The van der Waals surface area contributed by atoms with Gasteiger partial charge >= 0.3 is 0 Å². The molecule has 6 nitrogen and oxygen atoms in total. The van der Waals surface area contributed by atoms with E-state index >= 15 is 0 Å².